The van der Waals surface area contributed by atoms with Crippen LogP contribution in [0.4, 0.5) is 14.9 Å². The fourth-order valence-electron chi connectivity index (χ4n) is 4.54. The molecule has 7 nitrogen and oxygen atoms in total. The van der Waals surface area contributed by atoms with Gasteiger partial charge in [-0.2, -0.15) is 0 Å². The first-order chi connectivity index (χ1) is 16.5. The predicted molar refractivity (Wildman–Crippen MR) is 132 cm³/mol. The quantitative estimate of drug-likeness (QED) is 0.509. The van der Waals surface area contributed by atoms with Gasteiger partial charge in [0.15, 0.2) is 0 Å². The summed E-state index contributed by atoms with van der Waals surface area (Å²) in [5, 5.41) is 3.69. The van der Waals surface area contributed by atoms with Crippen LogP contribution in [0.2, 0.25) is 0 Å². The molecule has 34 heavy (non-hydrogen) atoms. The van der Waals surface area contributed by atoms with Crippen molar-refractivity contribution >= 4 is 22.6 Å². The van der Waals surface area contributed by atoms with Crippen LogP contribution in [0.1, 0.15) is 32.3 Å². The second kappa shape index (κ2) is 10.7. The number of benzene rings is 2. The number of halogens is 1. The van der Waals surface area contributed by atoms with Crippen molar-refractivity contribution in [2.24, 2.45) is 0 Å². The molecule has 1 aliphatic heterocycles. The molecule has 1 saturated heterocycles. The van der Waals surface area contributed by atoms with Crippen molar-refractivity contribution < 1.29 is 13.9 Å². The molecule has 0 bridgehead atoms. The van der Waals surface area contributed by atoms with E-state index in [-0.39, 0.29) is 30.0 Å². The Hall–Kier alpha value is -3.39. The lowest BCUT2D eigenvalue weighted by molar-refractivity contribution is 0.174. The Kier molecular flexibility index (Phi) is 7.47. The number of rotatable bonds is 8. The maximum absolute atomic E-state index is 13.3. The average Bonchev–Trinajstić information content (AvgIpc) is 3.28. The van der Waals surface area contributed by atoms with Gasteiger partial charge >= 0.3 is 6.03 Å². The fourth-order valence-corrected chi connectivity index (χ4v) is 4.54. The van der Waals surface area contributed by atoms with Crippen molar-refractivity contribution in [1.82, 2.24) is 14.8 Å². The molecular formula is C26H31FN4O3. The maximum Gasteiger partial charge on any atom is 0.322 e. The van der Waals surface area contributed by atoms with Crippen molar-refractivity contribution in [3.63, 3.8) is 0 Å². The summed E-state index contributed by atoms with van der Waals surface area (Å²) in [6.07, 6.45) is 2.09. The Morgan fingerprint density at radius 1 is 1.21 bits per heavy atom. The van der Waals surface area contributed by atoms with Crippen LogP contribution < -0.4 is 15.6 Å². The Morgan fingerprint density at radius 3 is 2.74 bits per heavy atom. The van der Waals surface area contributed by atoms with Crippen molar-refractivity contribution in [3.8, 4) is 5.75 Å². The fraction of sp³-hybridized carbons (Fsp3) is 0.385. The zero-order valence-corrected chi connectivity index (χ0v) is 19.6. The molecule has 2 amide bonds. The monoisotopic (exact) mass is 466 g/mol. The van der Waals surface area contributed by atoms with Crippen molar-refractivity contribution in [2.75, 3.05) is 31.6 Å². The summed E-state index contributed by atoms with van der Waals surface area (Å²) in [7, 11) is 0. The summed E-state index contributed by atoms with van der Waals surface area (Å²) >= 11 is 0. The SMILES string of the molecule is CCOc1ccc2[nH]c(=O)c(CN(CC3CCCN3CC)C(=O)Nc3ccc(F)cc3)cc2c1. The molecule has 4 rings (SSSR count). The van der Waals surface area contributed by atoms with Crippen molar-refractivity contribution in [3.05, 3.63) is 70.3 Å². The van der Waals surface area contributed by atoms with Gasteiger partial charge in [0.25, 0.3) is 5.56 Å². The molecule has 1 atom stereocenters. The number of aromatic nitrogens is 1. The highest BCUT2D eigenvalue weighted by Gasteiger charge is 2.28. The van der Waals surface area contributed by atoms with Gasteiger partial charge in [0.1, 0.15) is 11.6 Å². The number of hydrogen-bond donors (Lipinski definition) is 2. The molecule has 0 radical (unpaired) electrons. The molecule has 0 spiro atoms. The molecule has 0 aliphatic carbocycles. The van der Waals surface area contributed by atoms with Gasteiger partial charge in [-0.05, 0) is 81.4 Å². The van der Waals surface area contributed by atoms with Gasteiger partial charge in [-0.3, -0.25) is 9.69 Å². The third-order valence-corrected chi connectivity index (χ3v) is 6.28. The van der Waals surface area contributed by atoms with Crippen LogP contribution in [0.5, 0.6) is 5.75 Å². The highest BCUT2D eigenvalue weighted by molar-refractivity contribution is 5.89. The van der Waals surface area contributed by atoms with Crippen LogP contribution in [-0.4, -0.2) is 53.1 Å². The van der Waals surface area contributed by atoms with Crippen LogP contribution in [0, 0.1) is 5.82 Å². The third kappa shape index (κ3) is 5.56. The molecule has 2 N–H and O–H groups in total. The van der Waals surface area contributed by atoms with Crippen LogP contribution >= 0.6 is 0 Å². The van der Waals surface area contributed by atoms with Gasteiger partial charge in [0.2, 0.25) is 0 Å². The normalized spacial score (nSPS) is 16.0. The molecule has 2 heterocycles. The number of pyridine rings is 1. The van der Waals surface area contributed by atoms with E-state index in [1.54, 1.807) is 4.90 Å². The van der Waals surface area contributed by atoms with Crippen LogP contribution in [0.25, 0.3) is 10.9 Å². The standard InChI is InChI=1S/C26H31FN4O3/c1-3-30-13-5-6-22(30)17-31(26(33)28-21-9-7-20(27)8-10-21)16-19-14-18-15-23(34-4-2)11-12-24(18)29-25(19)32/h7-12,14-15,22H,3-6,13,16-17H2,1-2H3,(H,28,33)(H,29,32). The Morgan fingerprint density at radius 2 is 2.00 bits per heavy atom. The number of nitrogens with zero attached hydrogens (tertiary/aromatic N) is 2. The molecular weight excluding hydrogens is 435 g/mol. The third-order valence-electron chi connectivity index (χ3n) is 6.28. The lowest BCUT2D eigenvalue weighted by Crippen LogP contribution is -2.45. The van der Waals surface area contributed by atoms with Gasteiger partial charge in [-0.1, -0.05) is 6.92 Å². The van der Waals surface area contributed by atoms with Crippen LogP contribution in [-0.2, 0) is 6.54 Å². The number of carbonyl (C=O) groups is 1. The molecule has 1 unspecified atom stereocenters. The molecule has 8 heteroatoms. The first-order valence-electron chi connectivity index (χ1n) is 11.8. The van der Waals surface area contributed by atoms with E-state index in [1.165, 1.54) is 24.3 Å². The maximum atomic E-state index is 13.3. The summed E-state index contributed by atoms with van der Waals surface area (Å²) in [5.41, 5.74) is 1.49. The van der Waals surface area contributed by atoms with Gasteiger partial charge in [0, 0.05) is 34.7 Å². The Labute approximate surface area is 198 Å². The molecule has 2 aromatic carbocycles. The second-order valence-corrected chi connectivity index (χ2v) is 8.55. The Balaban J connectivity index is 1.61. The molecule has 0 saturated carbocycles. The van der Waals surface area contributed by atoms with E-state index in [0.29, 0.717) is 29.9 Å². The van der Waals surface area contributed by atoms with Crippen molar-refractivity contribution in [2.45, 2.75) is 39.3 Å². The number of carbonyl (C=O) groups excluding carboxylic acids is 1. The first kappa shape index (κ1) is 23.8. The number of anilines is 1. The summed E-state index contributed by atoms with van der Waals surface area (Å²) in [6, 6.07) is 12.9. The van der Waals surface area contributed by atoms with E-state index in [0.717, 1.165) is 37.1 Å². The van der Waals surface area contributed by atoms with E-state index >= 15 is 0 Å². The van der Waals surface area contributed by atoms with E-state index in [1.807, 2.05) is 31.2 Å². The van der Waals surface area contributed by atoms with E-state index in [9.17, 15) is 14.0 Å². The molecule has 1 aromatic heterocycles. The minimum Gasteiger partial charge on any atom is -0.494 e. The number of likely N-dealkylation sites (N-methyl/N-ethyl adjacent to an activating group) is 1. The zero-order valence-electron chi connectivity index (χ0n) is 19.6. The van der Waals surface area contributed by atoms with Gasteiger partial charge < -0.3 is 19.9 Å². The largest absolute Gasteiger partial charge is 0.494 e. The van der Waals surface area contributed by atoms with Crippen molar-refractivity contribution in [1.29, 1.82) is 0 Å². The molecule has 3 aromatic rings. The summed E-state index contributed by atoms with van der Waals surface area (Å²) < 4.78 is 18.9. The van der Waals surface area contributed by atoms with E-state index < -0.39 is 0 Å². The number of fused-ring (bicyclic) bond motifs is 1. The predicted octanol–water partition coefficient (Wildman–Crippen LogP) is 4.58. The number of hydrogen-bond acceptors (Lipinski definition) is 4. The number of nitrogens with one attached hydrogen (secondary N) is 2. The average molecular weight is 467 g/mol. The topological polar surface area (TPSA) is 77.7 Å². The lowest BCUT2D eigenvalue weighted by Gasteiger charge is -2.30. The van der Waals surface area contributed by atoms with E-state index in [4.69, 9.17) is 4.74 Å². The summed E-state index contributed by atoms with van der Waals surface area (Å²) in [6.45, 7) is 7.16. The van der Waals surface area contributed by atoms with Crippen LogP contribution in [0.3, 0.4) is 0 Å². The number of ether oxygens (including phenoxy) is 1. The Bertz CT molecular complexity index is 1190. The molecule has 180 valence electrons. The highest BCUT2D eigenvalue weighted by atomic mass is 19.1. The minimum absolute atomic E-state index is 0.158. The summed E-state index contributed by atoms with van der Waals surface area (Å²) in [5.74, 6) is 0.358. The van der Waals surface area contributed by atoms with Crippen LogP contribution in [0.15, 0.2) is 53.3 Å². The first-order valence-corrected chi connectivity index (χ1v) is 11.8. The summed E-state index contributed by atoms with van der Waals surface area (Å²) in [4.78, 5) is 33.1. The second-order valence-electron chi connectivity index (χ2n) is 8.55. The zero-order chi connectivity index (χ0) is 24.1. The number of amides is 2. The number of likely N-dealkylation sites (tertiary alicyclic amines) is 1. The van der Waals surface area contributed by atoms with Gasteiger partial charge in [-0.15, -0.1) is 0 Å². The smallest absolute Gasteiger partial charge is 0.322 e. The lowest BCUT2D eigenvalue weighted by atomic mass is 10.1. The molecule has 1 aliphatic rings. The van der Waals surface area contributed by atoms with Gasteiger partial charge in [-0.25, -0.2) is 9.18 Å². The highest BCUT2D eigenvalue weighted by Crippen LogP contribution is 2.22. The number of aromatic amines is 1. The van der Waals surface area contributed by atoms with Gasteiger partial charge in [0.05, 0.1) is 13.2 Å². The molecule has 1 fully saturated rings. The minimum atomic E-state index is -0.367. The van der Waals surface area contributed by atoms with E-state index in [2.05, 4.69) is 22.1 Å². The number of urea groups is 1. The number of H-pyrrole nitrogens is 1.